The maximum atomic E-state index is 6.02. The molecule has 0 aromatic heterocycles. The van der Waals surface area contributed by atoms with Gasteiger partial charge >= 0.3 is 0 Å². The zero-order chi connectivity index (χ0) is 18.9. The quantitative estimate of drug-likeness (QED) is 0.490. The molecule has 3 rings (SSSR count). The minimum Gasteiger partial charge on any atom is -0.489 e. The largest absolute Gasteiger partial charge is 0.489 e. The number of ether oxygens (including phenoxy) is 1. The van der Waals surface area contributed by atoms with Crippen molar-refractivity contribution in [1.82, 2.24) is 5.32 Å². The minimum atomic E-state index is 0.459. The van der Waals surface area contributed by atoms with E-state index in [-0.39, 0.29) is 0 Å². The van der Waals surface area contributed by atoms with E-state index >= 15 is 0 Å². The average Bonchev–Trinajstić information content (AvgIpc) is 2.70. The van der Waals surface area contributed by atoms with Crippen LogP contribution in [0.5, 0.6) is 5.75 Å². The second-order valence-corrected chi connectivity index (χ2v) is 7.31. The third kappa shape index (κ3) is 6.74. The molecule has 0 amide bonds. The highest BCUT2D eigenvalue weighted by Gasteiger charge is 2.04. The van der Waals surface area contributed by atoms with E-state index in [2.05, 4.69) is 54.7 Å². The van der Waals surface area contributed by atoms with Gasteiger partial charge in [-0.25, -0.2) is 0 Å². The van der Waals surface area contributed by atoms with Crippen LogP contribution in [0.1, 0.15) is 30.0 Å². The van der Waals surface area contributed by atoms with Crippen LogP contribution in [0.25, 0.3) is 0 Å². The highest BCUT2D eigenvalue weighted by molar-refractivity contribution is 6.30. The van der Waals surface area contributed by atoms with Crippen LogP contribution in [-0.2, 0) is 19.6 Å². The molecule has 27 heavy (non-hydrogen) atoms. The van der Waals surface area contributed by atoms with Gasteiger partial charge < -0.3 is 10.1 Å². The van der Waals surface area contributed by atoms with Crippen LogP contribution in [0.15, 0.2) is 78.9 Å². The number of hydrogen-bond acceptors (Lipinski definition) is 2. The van der Waals surface area contributed by atoms with Crippen LogP contribution in [-0.4, -0.2) is 6.04 Å². The van der Waals surface area contributed by atoms with Crippen molar-refractivity contribution in [3.8, 4) is 5.75 Å². The first-order valence-electron chi connectivity index (χ1n) is 9.42. The number of aryl methyl sites for hydroxylation is 1. The summed E-state index contributed by atoms with van der Waals surface area (Å²) >= 11 is 6.02. The molecule has 3 aromatic rings. The number of halogens is 1. The van der Waals surface area contributed by atoms with Crippen molar-refractivity contribution >= 4 is 11.6 Å². The molecule has 0 aliphatic heterocycles. The Bertz CT molecular complexity index is 835. The van der Waals surface area contributed by atoms with Crippen molar-refractivity contribution < 1.29 is 4.74 Å². The van der Waals surface area contributed by atoms with Gasteiger partial charge in [0.05, 0.1) is 0 Å². The molecule has 0 spiro atoms. The number of hydrogen-bond donors (Lipinski definition) is 1. The molecule has 0 bridgehead atoms. The lowest BCUT2D eigenvalue weighted by Gasteiger charge is -2.14. The second-order valence-electron chi connectivity index (χ2n) is 6.87. The summed E-state index contributed by atoms with van der Waals surface area (Å²) in [5.41, 5.74) is 3.69. The summed E-state index contributed by atoms with van der Waals surface area (Å²) in [6, 6.07) is 27.1. The van der Waals surface area contributed by atoms with E-state index in [1.807, 2.05) is 36.4 Å². The lowest BCUT2D eigenvalue weighted by atomic mass is 10.1. The van der Waals surface area contributed by atoms with Crippen LogP contribution < -0.4 is 10.1 Å². The van der Waals surface area contributed by atoms with Crippen molar-refractivity contribution in [2.24, 2.45) is 0 Å². The van der Waals surface area contributed by atoms with Crippen molar-refractivity contribution in [2.75, 3.05) is 0 Å². The van der Waals surface area contributed by atoms with Gasteiger partial charge in [0, 0.05) is 17.6 Å². The predicted octanol–water partition coefficient (Wildman–Crippen LogP) is 6.03. The fraction of sp³-hybridized carbons (Fsp3) is 0.250. The van der Waals surface area contributed by atoms with Gasteiger partial charge in [-0.2, -0.15) is 0 Å². The van der Waals surface area contributed by atoms with Crippen molar-refractivity contribution in [2.45, 2.75) is 39.0 Å². The number of benzene rings is 3. The van der Waals surface area contributed by atoms with Crippen LogP contribution in [0.3, 0.4) is 0 Å². The van der Waals surface area contributed by atoms with Gasteiger partial charge in [-0.05, 0) is 60.7 Å². The summed E-state index contributed by atoms with van der Waals surface area (Å²) < 4.78 is 5.91. The summed E-state index contributed by atoms with van der Waals surface area (Å²) in [6.07, 6.45) is 2.22. The Labute approximate surface area is 167 Å². The smallest absolute Gasteiger partial charge is 0.120 e. The van der Waals surface area contributed by atoms with Gasteiger partial charge in [-0.3, -0.25) is 0 Å². The van der Waals surface area contributed by atoms with E-state index < -0.39 is 0 Å². The van der Waals surface area contributed by atoms with E-state index in [4.69, 9.17) is 16.3 Å². The monoisotopic (exact) mass is 379 g/mol. The molecule has 140 valence electrons. The molecule has 0 radical (unpaired) electrons. The Balaban J connectivity index is 1.45. The van der Waals surface area contributed by atoms with Crippen LogP contribution in [0.2, 0.25) is 5.02 Å². The summed E-state index contributed by atoms with van der Waals surface area (Å²) in [7, 11) is 0. The molecule has 0 heterocycles. The Kier molecular flexibility index (Phi) is 7.32. The topological polar surface area (TPSA) is 21.3 Å². The first kappa shape index (κ1) is 19.5. The van der Waals surface area contributed by atoms with Crippen LogP contribution in [0.4, 0.5) is 0 Å². The summed E-state index contributed by atoms with van der Waals surface area (Å²) in [4.78, 5) is 0. The minimum absolute atomic E-state index is 0.459. The van der Waals surface area contributed by atoms with E-state index in [9.17, 15) is 0 Å². The highest BCUT2D eigenvalue weighted by atomic mass is 35.5. The van der Waals surface area contributed by atoms with Gasteiger partial charge in [0.2, 0.25) is 0 Å². The predicted molar refractivity (Wildman–Crippen MR) is 113 cm³/mol. The molecular weight excluding hydrogens is 354 g/mol. The van der Waals surface area contributed by atoms with Crippen molar-refractivity contribution in [3.05, 3.63) is 101 Å². The fourth-order valence-corrected chi connectivity index (χ4v) is 3.17. The molecule has 1 atom stereocenters. The number of nitrogens with one attached hydrogen (secondary N) is 1. The zero-order valence-electron chi connectivity index (χ0n) is 15.7. The third-order valence-electron chi connectivity index (χ3n) is 4.56. The van der Waals surface area contributed by atoms with Gasteiger partial charge in [0.1, 0.15) is 12.4 Å². The molecule has 1 N–H and O–H groups in total. The highest BCUT2D eigenvalue weighted by Crippen LogP contribution is 2.17. The third-order valence-corrected chi connectivity index (χ3v) is 4.79. The first-order valence-corrected chi connectivity index (χ1v) is 9.80. The number of rotatable bonds is 9. The maximum absolute atomic E-state index is 6.02. The lowest BCUT2D eigenvalue weighted by molar-refractivity contribution is 0.306. The Morgan fingerprint density at radius 1 is 0.852 bits per heavy atom. The second kappa shape index (κ2) is 10.1. The van der Waals surface area contributed by atoms with Gasteiger partial charge in [-0.1, -0.05) is 66.2 Å². The maximum Gasteiger partial charge on any atom is 0.120 e. The molecule has 3 heteroatoms. The van der Waals surface area contributed by atoms with Crippen LogP contribution in [0, 0.1) is 0 Å². The molecule has 0 saturated heterocycles. The molecule has 2 nitrogen and oxygen atoms in total. The van der Waals surface area contributed by atoms with Gasteiger partial charge in [0.25, 0.3) is 0 Å². The molecule has 0 aliphatic rings. The van der Waals surface area contributed by atoms with Gasteiger partial charge in [-0.15, -0.1) is 0 Å². The van der Waals surface area contributed by atoms with Crippen molar-refractivity contribution in [3.63, 3.8) is 0 Å². The summed E-state index contributed by atoms with van der Waals surface area (Å²) in [6.45, 7) is 3.59. The zero-order valence-corrected chi connectivity index (χ0v) is 16.5. The van der Waals surface area contributed by atoms with Crippen molar-refractivity contribution in [1.29, 1.82) is 0 Å². The fourth-order valence-electron chi connectivity index (χ4n) is 2.96. The molecule has 0 aliphatic carbocycles. The SMILES string of the molecule is C[C@@H](CCc1ccccc1)NCc1cccc(OCc2cccc(Cl)c2)c1. The standard InChI is InChI=1S/C24H26ClNO/c1-19(13-14-20-7-3-2-4-8-20)26-17-21-9-6-12-24(16-21)27-18-22-10-5-11-23(25)15-22/h2-12,15-16,19,26H,13-14,17-18H2,1H3/t19-/m0/s1. The molecule has 0 unspecified atom stereocenters. The van der Waals surface area contributed by atoms with Crippen LogP contribution >= 0.6 is 11.6 Å². The van der Waals surface area contributed by atoms with E-state index in [0.29, 0.717) is 12.6 Å². The molecule has 3 aromatic carbocycles. The Morgan fingerprint density at radius 3 is 2.41 bits per heavy atom. The molecular formula is C24H26ClNO. The normalized spacial score (nSPS) is 11.9. The summed E-state index contributed by atoms with van der Waals surface area (Å²) in [5.74, 6) is 0.881. The Hall–Kier alpha value is -2.29. The average molecular weight is 380 g/mol. The summed E-state index contributed by atoms with van der Waals surface area (Å²) in [5, 5.41) is 4.34. The molecule has 0 fully saturated rings. The Morgan fingerprint density at radius 2 is 1.59 bits per heavy atom. The van der Waals surface area contributed by atoms with E-state index in [1.54, 1.807) is 0 Å². The van der Waals surface area contributed by atoms with E-state index in [1.165, 1.54) is 11.1 Å². The lowest BCUT2D eigenvalue weighted by Crippen LogP contribution is -2.25. The van der Waals surface area contributed by atoms with Gasteiger partial charge in [0.15, 0.2) is 0 Å². The van der Waals surface area contributed by atoms with E-state index in [0.717, 1.165) is 35.7 Å². The first-order chi connectivity index (χ1) is 13.2. The molecule has 0 saturated carbocycles.